The Hall–Kier alpha value is -4.28. The van der Waals surface area contributed by atoms with E-state index in [0.717, 1.165) is 30.8 Å². The molecular weight excluding hydrogens is 695 g/mol. The molecule has 280 valence electrons. The van der Waals surface area contributed by atoms with E-state index in [-0.39, 0.29) is 52.3 Å². The van der Waals surface area contributed by atoms with Crippen LogP contribution in [0.15, 0.2) is 59.5 Å². The van der Waals surface area contributed by atoms with Crippen LogP contribution in [0.3, 0.4) is 0 Å². The zero-order valence-corrected chi connectivity index (χ0v) is 30.7. The number of hydrogen-bond donors (Lipinski definition) is 2. The lowest BCUT2D eigenvalue weighted by atomic mass is 9.80. The summed E-state index contributed by atoms with van der Waals surface area (Å²) in [6.07, 6.45) is 0.389. The Kier molecular flexibility index (Phi) is 10.5. The average Bonchev–Trinajstić information content (AvgIpc) is 3.64. The van der Waals surface area contributed by atoms with Crippen molar-refractivity contribution >= 4 is 27.5 Å². The van der Waals surface area contributed by atoms with Crippen LogP contribution < -0.4 is 18.5 Å². The number of sulfonamides is 1. The summed E-state index contributed by atoms with van der Waals surface area (Å²) in [5.41, 5.74) is -1.33. The summed E-state index contributed by atoms with van der Waals surface area (Å²) in [7, 11) is 2.43. The van der Waals surface area contributed by atoms with E-state index in [2.05, 4.69) is 4.90 Å². The molecule has 3 aliphatic rings. The minimum absolute atomic E-state index is 0.0281. The second-order valence-electron chi connectivity index (χ2n) is 13.6. The predicted molar refractivity (Wildman–Crippen MR) is 190 cm³/mol. The third kappa shape index (κ3) is 6.38. The Morgan fingerprint density at radius 3 is 2.29 bits per heavy atom. The highest BCUT2D eigenvalue weighted by atomic mass is 32.2. The highest BCUT2D eigenvalue weighted by molar-refractivity contribution is 7.93. The lowest BCUT2D eigenvalue weighted by Crippen LogP contribution is -2.59. The third-order valence-corrected chi connectivity index (χ3v) is 12.0. The molecule has 1 unspecified atom stereocenters. The minimum atomic E-state index is -4.79. The number of nitrogens with zero attached hydrogens (tertiary/aromatic N) is 4. The molecule has 3 aliphatic heterocycles. The van der Waals surface area contributed by atoms with Crippen LogP contribution >= 0.6 is 0 Å². The van der Waals surface area contributed by atoms with Crippen molar-refractivity contribution in [3.8, 4) is 17.2 Å². The summed E-state index contributed by atoms with van der Waals surface area (Å²) in [6.45, 7) is 1.88. The first-order chi connectivity index (χ1) is 24.8. The van der Waals surface area contributed by atoms with Crippen LogP contribution in [0.5, 0.6) is 17.2 Å². The summed E-state index contributed by atoms with van der Waals surface area (Å²) < 4.78 is 62.4. The van der Waals surface area contributed by atoms with Gasteiger partial charge < -0.3 is 34.2 Å². The first-order valence-corrected chi connectivity index (χ1v) is 18.6. The number of carbonyl (C=O) groups is 2. The van der Waals surface area contributed by atoms with Crippen molar-refractivity contribution in [2.75, 3.05) is 65.9 Å². The molecule has 3 heterocycles. The maximum atomic E-state index is 15.6. The fourth-order valence-corrected chi connectivity index (χ4v) is 9.31. The van der Waals surface area contributed by atoms with Crippen molar-refractivity contribution in [1.82, 2.24) is 14.7 Å². The highest BCUT2D eigenvalue weighted by Crippen LogP contribution is 2.55. The number of aliphatic hydroxyl groups is 2. The molecule has 13 nitrogen and oxygen atoms in total. The molecule has 6 rings (SSSR count). The standard InChI is InChI=1S/C37H45FN4O9S/c1-39(2)35(45)31-20-26(44)22-41(31)37(29-18-23(6-10-32(29)50-4)12-15-40-16-13-25(43)14-17-40)28-19-24(38)7-9-30(28)42(36(37)46)52(47,48)34-11-8-27(49-3)21-33(34)51-5/h6-11,18-19,21,25-26,31,43-44H,12-17,20,22H2,1-5H3/t26-,31+,37?/m1/s1. The number of fused-ring (bicyclic) bond motifs is 1. The number of hydrogen-bond acceptors (Lipinski definition) is 11. The summed E-state index contributed by atoms with van der Waals surface area (Å²) in [5, 5.41) is 21.1. The van der Waals surface area contributed by atoms with Gasteiger partial charge in [0.05, 0.1) is 45.3 Å². The van der Waals surface area contributed by atoms with E-state index < -0.39 is 45.3 Å². The summed E-state index contributed by atoms with van der Waals surface area (Å²) in [5.74, 6) is -1.74. The van der Waals surface area contributed by atoms with Gasteiger partial charge in [0.25, 0.3) is 15.9 Å². The van der Waals surface area contributed by atoms with E-state index in [1.54, 1.807) is 26.2 Å². The smallest absolute Gasteiger partial charge is 0.274 e. The van der Waals surface area contributed by atoms with Crippen LogP contribution in [0, 0.1) is 5.82 Å². The second-order valence-corrected chi connectivity index (χ2v) is 15.4. The van der Waals surface area contributed by atoms with Crippen molar-refractivity contribution in [3.63, 3.8) is 0 Å². The third-order valence-electron chi connectivity index (χ3n) is 10.3. The number of ether oxygens (including phenoxy) is 3. The summed E-state index contributed by atoms with van der Waals surface area (Å²) >= 11 is 0. The van der Waals surface area contributed by atoms with Gasteiger partial charge in [-0.1, -0.05) is 6.07 Å². The summed E-state index contributed by atoms with van der Waals surface area (Å²) in [6, 6.07) is 11.7. The highest BCUT2D eigenvalue weighted by Gasteiger charge is 2.64. The summed E-state index contributed by atoms with van der Waals surface area (Å²) in [4.78, 5) is 34.2. The number of rotatable bonds is 11. The van der Waals surface area contributed by atoms with Gasteiger partial charge in [-0.15, -0.1) is 0 Å². The Labute approximate surface area is 303 Å². The topological polar surface area (TPSA) is 149 Å². The lowest BCUT2D eigenvalue weighted by Gasteiger charge is -2.42. The SMILES string of the molecule is COc1ccc(S(=O)(=O)N2C(=O)C(c3cc(CCN4CCC(O)CC4)ccc3OC)(N3C[C@H](O)C[C@H]3C(=O)N(C)C)c3cc(F)ccc32)c(OC)c1. The molecule has 2 N–H and O–H groups in total. The van der Waals surface area contributed by atoms with Crippen molar-refractivity contribution in [2.24, 2.45) is 0 Å². The van der Waals surface area contributed by atoms with E-state index in [4.69, 9.17) is 14.2 Å². The number of halogens is 1. The normalized spacial score (nSPS) is 22.8. The molecule has 0 radical (unpaired) electrons. The van der Waals surface area contributed by atoms with Crippen LogP contribution in [-0.2, 0) is 31.6 Å². The van der Waals surface area contributed by atoms with Crippen molar-refractivity contribution in [2.45, 2.75) is 54.4 Å². The number of anilines is 1. The zero-order valence-electron chi connectivity index (χ0n) is 29.9. The van der Waals surface area contributed by atoms with E-state index in [0.29, 0.717) is 35.9 Å². The average molecular weight is 741 g/mol. The number of carbonyl (C=O) groups excluding carboxylic acids is 2. The minimum Gasteiger partial charge on any atom is -0.497 e. The number of likely N-dealkylation sites (tertiary alicyclic amines) is 2. The molecule has 2 saturated heterocycles. The Morgan fingerprint density at radius 2 is 1.63 bits per heavy atom. The Bertz CT molecular complexity index is 1950. The van der Waals surface area contributed by atoms with Gasteiger partial charge in [-0.05, 0) is 73.7 Å². The van der Waals surface area contributed by atoms with Crippen LogP contribution in [-0.4, -0.2) is 125 Å². The van der Waals surface area contributed by atoms with E-state index in [9.17, 15) is 23.4 Å². The maximum Gasteiger partial charge on any atom is 0.274 e. The molecule has 0 spiro atoms. The lowest BCUT2D eigenvalue weighted by molar-refractivity contribution is -0.138. The van der Waals surface area contributed by atoms with Crippen molar-refractivity contribution in [3.05, 3.63) is 77.1 Å². The van der Waals surface area contributed by atoms with Crippen molar-refractivity contribution in [1.29, 1.82) is 0 Å². The van der Waals surface area contributed by atoms with Gasteiger partial charge in [0.15, 0.2) is 5.54 Å². The molecule has 3 aromatic rings. The first-order valence-electron chi connectivity index (χ1n) is 17.1. The Balaban J connectivity index is 1.60. The molecule has 2 fully saturated rings. The molecule has 0 saturated carbocycles. The molecular formula is C37H45FN4O9S. The van der Waals surface area contributed by atoms with Gasteiger partial charge in [0, 0.05) is 57.5 Å². The number of benzene rings is 3. The maximum absolute atomic E-state index is 15.6. The van der Waals surface area contributed by atoms with E-state index in [1.807, 2.05) is 6.07 Å². The number of amides is 2. The fraction of sp³-hybridized carbons (Fsp3) is 0.459. The van der Waals surface area contributed by atoms with Crippen LogP contribution in [0.25, 0.3) is 0 Å². The van der Waals surface area contributed by atoms with Crippen molar-refractivity contribution < 1.29 is 46.8 Å². The van der Waals surface area contributed by atoms with Gasteiger partial charge in [-0.3, -0.25) is 14.5 Å². The van der Waals surface area contributed by atoms with Gasteiger partial charge in [0.2, 0.25) is 5.91 Å². The van der Waals surface area contributed by atoms with Crippen LogP contribution in [0.4, 0.5) is 10.1 Å². The monoisotopic (exact) mass is 740 g/mol. The van der Waals surface area contributed by atoms with Crippen LogP contribution in [0.1, 0.15) is 36.0 Å². The quantitative estimate of drug-likeness (QED) is 0.299. The fourth-order valence-electron chi connectivity index (χ4n) is 7.70. The first kappa shape index (κ1) is 37.5. The number of likely N-dealkylation sites (N-methyl/N-ethyl adjacent to an activating group) is 1. The number of methoxy groups -OCH3 is 3. The second kappa shape index (κ2) is 14.6. The molecule has 0 bridgehead atoms. The Morgan fingerprint density at radius 1 is 0.923 bits per heavy atom. The molecule has 3 atom stereocenters. The molecule has 0 aromatic heterocycles. The van der Waals surface area contributed by atoms with Gasteiger partial charge in [0.1, 0.15) is 28.0 Å². The number of aliphatic hydroxyl groups excluding tert-OH is 2. The number of piperidine rings is 1. The van der Waals surface area contributed by atoms with E-state index >= 15 is 9.18 Å². The van der Waals surface area contributed by atoms with Gasteiger partial charge in [-0.25, -0.2) is 17.1 Å². The molecule has 2 amide bonds. The number of β-amino-alcohol motifs (C(OH)–C–C–N with tert-alkyl or cyclic N) is 1. The molecule has 15 heteroatoms. The molecule has 52 heavy (non-hydrogen) atoms. The van der Waals surface area contributed by atoms with Crippen LogP contribution in [0.2, 0.25) is 0 Å². The van der Waals surface area contributed by atoms with Gasteiger partial charge in [-0.2, -0.15) is 0 Å². The zero-order chi connectivity index (χ0) is 37.5. The van der Waals surface area contributed by atoms with E-state index in [1.165, 1.54) is 55.4 Å². The van der Waals surface area contributed by atoms with Gasteiger partial charge >= 0.3 is 0 Å². The largest absolute Gasteiger partial charge is 0.497 e. The molecule has 3 aromatic carbocycles. The predicted octanol–water partition coefficient (Wildman–Crippen LogP) is 2.35. The molecule has 0 aliphatic carbocycles.